The van der Waals surface area contributed by atoms with Crippen molar-refractivity contribution in [1.82, 2.24) is 4.57 Å². The van der Waals surface area contributed by atoms with Crippen molar-refractivity contribution in [3.8, 4) is 0 Å². The summed E-state index contributed by atoms with van der Waals surface area (Å²) in [5, 5.41) is 0.874. The molecule has 25 heavy (non-hydrogen) atoms. The first-order valence-corrected chi connectivity index (χ1v) is 8.41. The van der Waals surface area contributed by atoms with E-state index in [4.69, 9.17) is 4.74 Å². The van der Waals surface area contributed by atoms with Gasteiger partial charge in [0, 0.05) is 30.0 Å². The number of benzene rings is 2. The lowest BCUT2D eigenvalue weighted by Gasteiger charge is -2.20. The fraction of sp³-hybridized carbons (Fsp3) is 0.238. The predicted octanol–water partition coefficient (Wildman–Crippen LogP) is 4.65. The standard InChI is InChI=1S/C21H21NO3/c1-4-19(25-15(3)23)22-14(2)20(17-12-8-9-13-18(17)22)21(24)16-10-6-5-7-11-16/h5-13,19H,4H2,1-3H3. The zero-order valence-corrected chi connectivity index (χ0v) is 14.7. The molecule has 0 aliphatic rings. The van der Waals surface area contributed by atoms with Crippen LogP contribution >= 0.6 is 0 Å². The minimum Gasteiger partial charge on any atom is -0.441 e. The van der Waals surface area contributed by atoms with Crippen molar-refractivity contribution in [1.29, 1.82) is 0 Å². The molecule has 1 aromatic heterocycles. The average molecular weight is 335 g/mol. The molecule has 0 aliphatic heterocycles. The first-order chi connectivity index (χ1) is 12.0. The van der Waals surface area contributed by atoms with Crippen LogP contribution in [-0.2, 0) is 9.53 Å². The third-order valence-electron chi connectivity index (χ3n) is 4.36. The third kappa shape index (κ3) is 3.07. The van der Waals surface area contributed by atoms with Gasteiger partial charge in [0.1, 0.15) is 0 Å². The monoisotopic (exact) mass is 335 g/mol. The van der Waals surface area contributed by atoms with E-state index in [1.807, 2.05) is 73.0 Å². The molecule has 1 unspecified atom stereocenters. The lowest BCUT2D eigenvalue weighted by Crippen LogP contribution is -2.16. The molecule has 3 aromatic rings. The summed E-state index contributed by atoms with van der Waals surface area (Å²) in [4.78, 5) is 24.6. The first-order valence-electron chi connectivity index (χ1n) is 8.41. The van der Waals surface area contributed by atoms with Crippen LogP contribution in [-0.4, -0.2) is 16.3 Å². The summed E-state index contributed by atoms with van der Waals surface area (Å²) in [6.45, 7) is 5.27. The van der Waals surface area contributed by atoms with Crippen molar-refractivity contribution in [2.45, 2.75) is 33.4 Å². The van der Waals surface area contributed by atoms with E-state index in [-0.39, 0.29) is 11.8 Å². The summed E-state index contributed by atoms with van der Waals surface area (Å²) in [6.07, 6.45) is 0.192. The minimum absolute atomic E-state index is 0.0225. The summed E-state index contributed by atoms with van der Waals surface area (Å²) in [7, 11) is 0. The van der Waals surface area contributed by atoms with E-state index in [1.165, 1.54) is 6.92 Å². The lowest BCUT2D eigenvalue weighted by atomic mass is 10.0. The summed E-state index contributed by atoms with van der Waals surface area (Å²) < 4.78 is 7.44. The second-order valence-corrected chi connectivity index (χ2v) is 6.02. The van der Waals surface area contributed by atoms with Crippen LogP contribution in [0.2, 0.25) is 0 Å². The molecule has 0 radical (unpaired) electrons. The fourth-order valence-electron chi connectivity index (χ4n) is 3.29. The summed E-state index contributed by atoms with van der Waals surface area (Å²) in [5.41, 5.74) is 3.01. The number of carbonyl (C=O) groups is 2. The van der Waals surface area contributed by atoms with Gasteiger partial charge in [-0.3, -0.25) is 9.59 Å². The molecule has 0 saturated heterocycles. The largest absolute Gasteiger partial charge is 0.441 e. The zero-order valence-electron chi connectivity index (χ0n) is 14.7. The van der Waals surface area contributed by atoms with E-state index < -0.39 is 6.23 Å². The molecule has 0 amide bonds. The van der Waals surface area contributed by atoms with Gasteiger partial charge in [0.2, 0.25) is 0 Å². The molecule has 0 N–H and O–H groups in total. The predicted molar refractivity (Wildman–Crippen MR) is 97.6 cm³/mol. The molecule has 4 heteroatoms. The van der Waals surface area contributed by atoms with Crippen molar-refractivity contribution in [3.63, 3.8) is 0 Å². The number of esters is 1. The maximum atomic E-state index is 13.1. The SMILES string of the molecule is CCC(OC(C)=O)n1c(C)c(C(=O)c2ccccc2)c2ccccc21. The number of ketones is 1. The molecule has 3 rings (SSSR count). The molecule has 2 aromatic carbocycles. The lowest BCUT2D eigenvalue weighted by molar-refractivity contribution is -0.151. The maximum absolute atomic E-state index is 13.1. The second-order valence-electron chi connectivity index (χ2n) is 6.02. The van der Waals surface area contributed by atoms with E-state index in [2.05, 4.69) is 0 Å². The molecule has 0 saturated carbocycles. The Balaban J connectivity index is 2.22. The molecular formula is C21H21NO3. The maximum Gasteiger partial charge on any atom is 0.304 e. The quantitative estimate of drug-likeness (QED) is 0.503. The molecular weight excluding hydrogens is 314 g/mol. The number of hydrogen-bond donors (Lipinski definition) is 0. The van der Waals surface area contributed by atoms with E-state index in [0.29, 0.717) is 17.5 Å². The highest BCUT2D eigenvalue weighted by Crippen LogP contribution is 2.32. The highest BCUT2D eigenvalue weighted by Gasteiger charge is 2.25. The Morgan fingerprint density at radius 1 is 1.04 bits per heavy atom. The zero-order chi connectivity index (χ0) is 18.0. The molecule has 1 atom stereocenters. The van der Waals surface area contributed by atoms with Crippen LogP contribution < -0.4 is 0 Å². The molecule has 0 bridgehead atoms. The van der Waals surface area contributed by atoms with E-state index in [1.54, 1.807) is 0 Å². The third-order valence-corrected chi connectivity index (χ3v) is 4.36. The highest BCUT2D eigenvalue weighted by atomic mass is 16.6. The Morgan fingerprint density at radius 3 is 2.32 bits per heavy atom. The number of hydrogen-bond acceptors (Lipinski definition) is 3. The van der Waals surface area contributed by atoms with Gasteiger partial charge < -0.3 is 9.30 Å². The molecule has 4 nitrogen and oxygen atoms in total. The molecule has 0 spiro atoms. The van der Waals surface area contributed by atoms with Crippen LogP contribution in [0.3, 0.4) is 0 Å². The number of ether oxygens (including phenoxy) is 1. The smallest absolute Gasteiger partial charge is 0.304 e. The van der Waals surface area contributed by atoms with E-state index >= 15 is 0 Å². The van der Waals surface area contributed by atoms with Gasteiger partial charge in [-0.1, -0.05) is 55.5 Å². The van der Waals surface area contributed by atoms with Gasteiger partial charge in [-0.2, -0.15) is 0 Å². The van der Waals surface area contributed by atoms with E-state index in [0.717, 1.165) is 16.6 Å². The molecule has 1 heterocycles. The Hall–Kier alpha value is -2.88. The van der Waals surface area contributed by atoms with Gasteiger partial charge in [-0.05, 0) is 13.0 Å². The Bertz CT molecular complexity index is 925. The molecule has 128 valence electrons. The van der Waals surface area contributed by atoms with Crippen LogP contribution in [0.5, 0.6) is 0 Å². The Morgan fingerprint density at radius 2 is 1.68 bits per heavy atom. The molecule has 0 aliphatic carbocycles. The van der Waals surface area contributed by atoms with Crippen LogP contribution in [0.4, 0.5) is 0 Å². The fourth-order valence-corrected chi connectivity index (χ4v) is 3.29. The van der Waals surface area contributed by atoms with Crippen molar-refractivity contribution in [2.75, 3.05) is 0 Å². The topological polar surface area (TPSA) is 48.3 Å². The number of rotatable bonds is 5. The normalized spacial score (nSPS) is 12.1. The number of carbonyl (C=O) groups excluding carboxylic acids is 2. The van der Waals surface area contributed by atoms with E-state index in [9.17, 15) is 9.59 Å². The van der Waals surface area contributed by atoms with Crippen LogP contribution in [0.1, 0.15) is 48.1 Å². The average Bonchev–Trinajstić information content (AvgIpc) is 2.91. The van der Waals surface area contributed by atoms with Gasteiger partial charge in [-0.25, -0.2) is 0 Å². The van der Waals surface area contributed by atoms with Gasteiger partial charge in [-0.15, -0.1) is 0 Å². The Labute approximate surface area is 147 Å². The minimum atomic E-state index is -0.431. The summed E-state index contributed by atoms with van der Waals surface area (Å²) in [5.74, 6) is -0.356. The van der Waals surface area contributed by atoms with Crippen molar-refractivity contribution < 1.29 is 14.3 Å². The summed E-state index contributed by atoms with van der Waals surface area (Å²) in [6, 6.07) is 17.0. The van der Waals surface area contributed by atoms with Crippen molar-refractivity contribution >= 4 is 22.7 Å². The van der Waals surface area contributed by atoms with Gasteiger partial charge >= 0.3 is 5.97 Å². The van der Waals surface area contributed by atoms with Crippen LogP contribution in [0.25, 0.3) is 10.9 Å². The van der Waals surface area contributed by atoms with Gasteiger partial charge in [0.05, 0.1) is 11.1 Å². The van der Waals surface area contributed by atoms with Crippen molar-refractivity contribution in [2.24, 2.45) is 0 Å². The number of nitrogens with zero attached hydrogens (tertiary/aromatic N) is 1. The van der Waals surface area contributed by atoms with Gasteiger partial charge in [0.25, 0.3) is 0 Å². The highest BCUT2D eigenvalue weighted by molar-refractivity contribution is 6.17. The van der Waals surface area contributed by atoms with Crippen LogP contribution in [0.15, 0.2) is 54.6 Å². The summed E-state index contributed by atoms with van der Waals surface area (Å²) >= 11 is 0. The second kappa shape index (κ2) is 6.93. The van der Waals surface area contributed by atoms with Crippen LogP contribution in [0, 0.1) is 6.92 Å². The van der Waals surface area contributed by atoms with Crippen molar-refractivity contribution in [3.05, 3.63) is 71.4 Å². The first kappa shape index (κ1) is 17.0. The number of aromatic nitrogens is 1. The Kier molecular flexibility index (Phi) is 4.70. The number of fused-ring (bicyclic) bond motifs is 1. The molecule has 0 fully saturated rings. The van der Waals surface area contributed by atoms with Gasteiger partial charge in [0.15, 0.2) is 12.0 Å². The number of para-hydroxylation sites is 1.